The van der Waals surface area contributed by atoms with Crippen LogP contribution >= 0.6 is 0 Å². The summed E-state index contributed by atoms with van der Waals surface area (Å²) in [5.74, 6) is 0.381. The van der Waals surface area contributed by atoms with Crippen molar-refractivity contribution >= 4 is 11.6 Å². The van der Waals surface area contributed by atoms with Crippen LogP contribution in [0, 0.1) is 12.3 Å². The zero-order valence-electron chi connectivity index (χ0n) is 23.0. The summed E-state index contributed by atoms with van der Waals surface area (Å²) >= 11 is 0. The van der Waals surface area contributed by atoms with E-state index >= 15 is 0 Å². The van der Waals surface area contributed by atoms with Crippen LogP contribution in [0.4, 0.5) is 5.69 Å². The van der Waals surface area contributed by atoms with Gasteiger partial charge in [0.15, 0.2) is 0 Å². The second-order valence-corrected chi connectivity index (χ2v) is 12.4. The molecular formula is C32H44N4O2. The van der Waals surface area contributed by atoms with E-state index in [0.29, 0.717) is 17.6 Å². The second kappa shape index (κ2) is 10.9. The number of benzene rings is 2. The first-order chi connectivity index (χ1) is 18.5. The molecule has 2 fully saturated rings. The van der Waals surface area contributed by atoms with Gasteiger partial charge in [-0.2, -0.15) is 0 Å². The molecule has 3 aliphatic heterocycles. The van der Waals surface area contributed by atoms with E-state index in [0.717, 1.165) is 49.3 Å². The second-order valence-electron chi connectivity index (χ2n) is 12.4. The lowest BCUT2D eigenvalue weighted by atomic mass is 9.68. The van der Waals surface area contributed by atoms with Crippen LogP contribution < -0.4 is 16.0 Å². The Labute approximate surface area is 227 Å². The van der Waals surface area contributed by atoms with Crippen LogP contribution in [0.5, 0.6) is 5.75 Å². The van der Waals surface area contributed by atoms with Crippen molar-refractivity contribution in [2.24, 2.45) is 5.41 Å². The molecular weight excluding hydrogens is 472 g/mol. The van der Waals surface area contributed by atoms with Gasteiger partial charge in [0.2, 0.25) is 5.91 Å². The van der Waals surface area contributed by atoms with Crippen LogP contribution in [0.3, 0.4) is 0 Å². The average molecular weight is 517 g/mol. The van der Waals surface area contributed by atoms with E-state index in [2.05, 4.69) is 39.0 Å². The number of nitrogens with zero attached hydrogens (tertiary/aromatic N) is 1. The van der Waals surface area contributed by atoms with Gasteiger partial charge >= 0.3 is 0 Å². The number of fused-ring (bicyclic) bond motifs is 2. The molecule has 204 valence electrons. The Morgan fingerprint density at radius 1 is 1.08 bits per heavy atom. The van der Waals surface area contributed by atoms with Gasteiger partial charge in [-0.15, -0.1) is 0 Å². The highest BCUT2D eigenvalue weighted by molar-refractivity contribution is 5.83. The van der Waals surface area contributed by atoms with Gasteiger partial charge in [0.1, 0.15) is 5.75 Å². The van der Waals surface area contributed by atoms with E-state index in [4.69, 9.17) is 0 Å². The highest BCUT2D eigenvalue weighted by atomic mass is 16.3. The number of carbonyl (C=O) groups excluding carboxylic acids is 1. The molecule has 0 bridgehead atoms. The summed E-state index contributed by atoms with van der Waals surface area (Å²) in [5, 5.41) is 20.4. The number of hydrogen-bond donors (Lipinski definition) is 4. The van der Waals surface area contributed by atoms with E-state index in [9.17, 15) is 9.90 Å². The minimum atomic E-state index is -0.263. The summed E-state index contributed by atoms with van der Waals surface area (Å²) in [6.45, 7) is 7.05. The lowest BCUT2D eigenvalue weighted by Crippen LogP contribution is -2.47. The molecule has 1 aliphatic carbocycles. The number of likely N-dealkylation sites (tertiary alicyclic amines) is 1. The summed E-state index contributed by atoms with van der Waals surface area (Å²) in [7, 11) is 0. The van der Waals surface area contributed by atoms with Crippen LogP contribution in [0.2, 0.25) is 0 Å². The minimum absolute atomic E-state index is 0.0241. The normalized spacial score (nSPS) is 25.1. The van der Waals surface area contributed by atoms with Crippen molar-refractivity contribution in [3.8, 4) is 5.75 Å². The molecule has 3 heterocycles. The van der Waals surface area contributed by atoms with Crippen molar-refractivity contribution in [2.45, 2.75) is 89.8 Å². The number of aromatic hydroxyl groups is 1. The maximum absolute atomic E-state index is 13.5. The first-order valence-electron chi connectivity index (χ1n) is 14.9. The number of anilines is 1. The summed E-state index contributed by atoms with van der Waals surface area (Å²) < 4.78 is 0. The SMILES string of the molecule is Cc1cc(O)cc2c1C[C@@H](C(=O)N[C@@H]1CCNc3ccc(CN4CCC5(CCCCC5)CC4)cc31)NCC2. The van der Waals surface area contributed by atoms with Crippen LogP contribution in [0.1, 0.15) is 85.2 Å². The lowest BCUT2D eigenvalue weighted by molar-refractivity contribution is -0.123. The average Bonchev–Trinajstić information content (AvgIpc) is 3.14. The van der Waals surface area contributed by atoms with Crippen molar-refractivity contribution in [3.63, 3.8) is 0 Å². The highest BCUT2D eigenvalue weighted by Crippen LogP contribution is 2.44. The minimum Gasteiger partial charge on any atom is -0.508 e. The molecule has 1 saturated carbocycles. The van der Waals surface area contributed by atoms with Crippen molar-refractivity contribution in [2.75, 3.05) is 31.5 Å². The molecule has 0 aromatic heterocycles. The van der Waals surface area contributed by atoms with E-state index in [1.807, 2.05) is 13.0 Å². The number of hydrogen-bond acceptors (Lipinski definition) is 5. The molecule has 2 aromatic rings. The van der Waals surface area contributed by atoms with Crippen LogP contribution in [-0.4, -0.2) is 48.1 Å². The Hall–Kier alpha value is -2.57. The molecule has 6 rings (SSSR count). The zero-order chi connectivity index (χ0) is 26.1. The van der Waals surface area contributed by atoms with Gasteiger partial charge in [-0.05, 0) is 123 Å². The van der Waals surface area contributed by atoms with Crippen molar-refractivity contribution in [3.05, 3.63) is 58.1 Å². The third-order valence-electron chi connectivity index (χ3n) is 9.85. The smallest absolute Gasteiger partial charge is 0.237 e. The predicted molar refractivity (Wildman–Crippen MR) is 153 cm³/mol. The Kier molecular flexibility index (Phi) is 7.37. The fraction of sp³-hybridized carbons (Fsp3) is 0.594. The molecule has 0 radical (unpaired) electrons. The molecule has 38 heavy (non-hydrogen) atoms. The van der Waals surface area contributed by atoms with Gasteiger partial charge in [0.05, 0.1) is 12.1 Å². The fourth-order valence-corrected chi connectivity index (χ4v) is 7.56. The van der Waals surface area contributed by atoms with E-state index < -0.39 is 0 Å². The Morgan fingerprint density at radius 3 is 2.71 bits per heavy atom. The number of piperidine rings is 1. The molecule has 4 N–H and O–H groups in total. The number of amides is 1. The van der Waals surface area contributed by atoms with Gasteiger partial charge in [0, 0.05) is 18.8 Å². The monoisotopic (exact) mass is 516 g/mol. The quantitative estimate of drug-likeness (QED) is 0.461. The molecule has 4 aliphatic rings. The van der Waals surface area contributed by atoms with Gasteiger partial charge in [-0.1, -0.05) is 31.4 Å². The molecule has 1 spiro atoms. The summed E-state index contributed by atoms with van der Waals surface area (Å²) in [4.78, 5) is 16.2. The van der Waals surface area contributed by atoms with E-state index in [1.54, 1.807) is 6.07 Å². The predicted octanol–water partition coefficient (Wildman–Crippen LogP) is 4.98. The third-order valence-corrected chi connectivity index (χ3v) is 9.85. The van der Waals surface area contributed by atoms with E-state index in [-0.39, 0.29) is 18.0 Å². The number of aryl methyl sites for hydroxylation is 1. The number of carbonyl (C=O) groups is 1. The molecule has 2 aromatic carbocycles. The number of phenolic OH excluding ortho intramolecular Hbond substituents is 1. The van der Waals surface area contributed by atoms with Gasteiger partial charge in [0.25, 0.3) is 0 Å². The summed E-state index contributed by atoms with van der Waals surface area (Å²) in [5.41, 5.74) is 7.75. The number of rotatable bonds is 4. The molecule has 0 unspecified atom stereocenters. The molecule has 6 heteroatoms. The maximum Gasteiger partial charge on any atom is 0.237 e. The molecule has 6 nitrogen and oxygen atoms in total. The third kappa shape index (κ3) is 5.43. The van der Waals surface area contributed by atoms with Crippen molar-refractivity contribution < 1.29 is 9.90 Å². The van der Waals surface area contributed by atoms with Crippen molar-refractivity contribution in [1.29, 1.82) is 0 Å². The first-order valence-corrected chi connectivity index (χ1v) is 14.9. The topological polar surface area (TPSA) is 76.6 Å². The maximum atomic E-state index is 13.5. The van der Waals surface area contributed by atoms with Gasteiger partial charge in [-0.25, -0.2) is 0 Å². The van der Waals surface area contributed by atoms with Gasteiger partial charge < -0.3 is 21.1 Å². The summed E-state index contributed by atoms with van der Waals surface area (Å²) in [6.07, 6.45) is 12.3. The standard InChI is InChI=1S/C32H44N4O2/c1-22-17-25(37)19-24-7-13-34-30(20-26(22)24)31(38)35-29-8-14-33-28-6-5-23(18-27(28)29)21-36-15-11-32(12-16-36)9-3-2-4-10-32/h5-6,17-19,29-30,33-34,37H,2-4,7-16,20-21H2,1H3,(H,35,38)/t29-,30+/m1/s1. The zero-order valence-corrected chi connectivity index (χ0v) is 23.0. The summed E-state index contributed by atoms with van der Waals surface area (Å²) in [6, 6.07) is 10.2. The van der Waals surface area contributed by atoms with E-state index in [1.165, 1.54) is 74.7 Å². The Balaban J connectivity index is 1.12. The first kappa shape index (κ1) is 25.7. The largest absolute Gasteiger partial charge is 0.508 e. The molecule has 1 amide bonds. The highest BCUT2D eigenvalue weighted by Gasteiger charge is 2.35. The Morgan fingerprint density at radius 2 is 1.89 bits per heavy atom. The molecule has 1 saturated heterocycles. The van der Waals surface area contributed by atoms with Gasteiger partial charge in [-0.3, -0.25) is 9.69 Å². The number of phenols is 1. The number of nitrogens with one attached hydrogen (secondary N) is 3. The van der Waals surface area contributed by atoms with Crippen LogP contribution in [-0.2, 0) is 24.2 Å². The molecule has 2 atom stereocenters. The van der Waals surface area contributed by atoms with Crippen LogP contribution in [0.25, 0.3) is 0 Å². The Bertz CT molecular complexity index is 1160. The lowest BCUT2D eigenvalue weighted by Gasteiger charge is -2.44. The van der Waals surface area contributed by atoms with Crippen molar-refractivity contribution in [1.82, 2.24) is 15.5 Å². The van der Waals surface area contributed by atoms with Crippen LogP contribution in [0.15, 0.2) is 30.3 Å². The fourth-order valence-electron chi connectivity index (χ4n) is 7.56.